The lowest BCUT2D eigenvalue weighted by Crippen LogP contribution is -2.37. The van der Waals surface area contributed by atoms with Crippen molar-refractivity contribution in [3.8, 4) is 22.6 Å². The molecule has 0 bridgehead atoms. The smallest absolute Gasteiger partial charge is 0.231 e. The van der Waals surface area contributed by atoms with Crippen molar-refractivity contribution >= 4 is 24.0 Å². The second-order valence-corrected chi connectivity index (χ2v) is 6.46. The van der Waals surface area contributed by atoms with E-state index in [1.807, 2.05) is 47.5 Å². The molecule has 1 aromatic heterocycles. The highest BCUT2D eigenvalue weighted by Crippen LogP contribution is 2.41. The number of carbonyl (C=O) groups is 1. The molecule has 0 unspecified atom stereocenters. The summed E-state index contributed by atoms with van der Waals surface area (Å²) in [4.78, 5) is 19.4. The zero-order valence-electron chi connectivity index (χ0n) is 13.6. The van der Waals surface area contributed by atoms with Crippen LogP contribution >= 0.6 is 12.4 Å². The third-order valence-corrected chi connectivity index (χ3v) is 4.83. The van der Waals surface area contributed by atoms with Gasteiger partial charge in [0.15, 0.2) is 0 Å². The minimum Gasteiger partial charge on any atom is -0.305 e. The van der Waals surface area contributed by atoms with Crippen LogP contribution in [0.4, 0.5) is 5.69 Å². The van der Waals surface area contributed by atoms with E-state index >= 15 is 0 Å². The highest BCUT2D eigenvalue weighted by molar-refractivity contribution is 6.00. The normalized spacial score (nSPS) is 15.1. The Morgan fingerprint density at radius 3 is 2.48 bits per heavy atom. The van der Waals surface area contributed by atoms with Crippen molar-refractivity contribution in [3.63, 3.8) is 0 Å². The highest BCUT2D eigenvalue weighted by Gasteiger charge is 2.37. The van der Waals surface area contributed by atoms with Gasteiger partial charge in [0.25, 0.3) is 0 Å². The number of fused-ring (bicyclic) bond motifs is 3. The van der Waals surface area contributed by atoms with Gasteiger partial charge < -0.3 is 4.57 Å². The molecule has 5 rings (SSSR count). The van der Waals surface area contributed by atoms with Gasteiger partial charge in [-0.15, -0.1) is 12.4 Å². The van der Waals surface area contributed by atoms with E-state index in [9.17, 15) is 4.79 Å². The molecule has 1 amide bonds. The van der Waals surface area contributed by atoms with E-state index in [1.54, 1.807) is 0 Å². The van der Waals surface area contributed by atoms with Crippen molar-refractivity contribution in [2.24, 2.45) is 5.92 Å². The molecule has 1 fully saturated rings. The van der Waals surface area contributed by atoms with Gasteiger partial charge in [0.05, 0.1) is 17.6 Å². The number of anilines is 1. The summed E-state index contributed by atoms with van der Waals surface area (Å²) in [5.41, 5.74) is 4.22. The SMILES string of the molecule is Cl.O=C(C1CC1)N1Cn2c(cnc2-c2ccccc2)-c2ccccc21. The maximum absolute atomic E-state index is 12.8. The zero-order chi connectivity index (χ0) is 16.1. The van der Waals surface area contributed by atoms with E-state index in [0.717, 1.165) is 41.2 Å². The van der Waals surface area contributed by atoms with Crippen LogP contribution in [0.3, 0.4) is 0 Å². The first-order valence-corrected chi connectivity index (χ1v) is 8.34. The first kappa shape index (κ1) is 15.9. The van der Waals surface area contributed by atoms with E-state index in [2.05, 4.69) is 27.8 Å². The number of para-hydroxylation sites is 1. The lowest BCUT2D eigenvalue weighted by Gasteiger charge is -2.31. The van der Waals surface area contributed by atoms with E-state index in [4.69, 9.17) is 0 Å². The maximum Gasteiger partial charge on any atom is 0.231 e. The molecular formula is C20H18ClN3O. The summed E-state index contributed by atoms with van der Waals surface area (Å²) < 4.78 is 2.15. The summed E-state index contributed by atoms with van der Waals surface area (Å²) in [7, 11) is 0. The van der Waals surface area contributed by atoms with E-state index in [0.29, 0.717) is 6.67 Å². The Bertz CT molecular complexity index is 918. The first-order chi connectivity index (χ1) is 11.8. The van der Waals surface area contributed by atoms with Crippen LogP contribution in [-0.4, -0.2) is 15.5 Å². The molecule has 3 aromatic rings. The molecule has 0 atom stereocenters. The molecular weight excluding hydrogens is 334 g/mol. The van der Waals surface area contributed by atoms with Crippen LogP contribution in [0.2, 0.25) is 0 Å². The summed E-state index contributed by atoms with van der Waals surface area (Å²) >= 11 is 0. The summed E-state index contributed by atoms with van der Waals surface area (Å²) in [5, 5.41) is 0. The average Bonchev–Trinajstić information content (AvgIpc) is 3.40. The molecule has 0 saturated heterocycles. The predicted octanol–water partition coefficient (Wildman–Crippen LogP) is 4.35. The van der Waals surface area contributed by atoms with Crippen LogP contribution in [0, 0.1) is 5.92 Å². The number of amides is 1. The molecule has 2 aromatic carbocycles. The molecule has 2 aliphatic rings. The van der Waals surface area contributed by atoms with Gasteiger partial charge in [-0.25, -0.2) is 4.98 Å². The highest BCUT2D eigenvalue weighted by atomic mass is 35.5. The van der Waals surface area contributed by atoms with Crippen LogP contribution in [0.5, 0.6) is 0 Å². The molecule has 126 valence electrons. The summed E-state index contributed by atoms with van der Waals surface area (Å²) in [6.45, 7) is 0.534. The Morgan fingerprint density at radius 1 is 1.00 bits per heavy atom. The summed E-state index contributed by atoms with van der Waals surface area (Å²) in [6, 6.07) is 18.3. The van der Waals surface area contributed by atoms with Gasteiger partial charge in [0, 0.05) is 17.0 Å². The number of carbonyl (C=O) groups excluding carboxylic acids is 1. The van der Waals surface area contributed by atoms with Gasteiger partial charge in [0.2, 0.25) is 5.91 Å². The molecule has 0 radical (unpaired) electrons. The van der Waals surface area contributed by atoms with Gasteiger partial charge in [-0.05, 0) is 18.9 Å². The molecule has 4 nitrogen and oxygen atoms in total. The minimum absolute atomic E-state index is 0. The summed E-state index contributed by atoms with van der Waals surface area (Å²) in [5.74, 6) is 1.35. The third-order valence-electron chi connectivity index (χ3n) is 4.83. The number of nitrogens with zero attached hydrogens (tertiary/aromatic N) is 3. The number of hydrogen-bond donors (Lipinski definition) is 0. The molecule has 0 spiro atoms. The van der Waals surface area contributed by atoms with Crippen molar-refractivity contribution in [1.29, 1.82) is 0 Å². The van der Waals surface area contributed by atoms with Crippen LogP contribution in [0.25, 0.3) is 22.6 Å². The van der Waals surface area contributed by atoms with E-state index in [1.165, 1.54) is 0 Å². The van der Waals surface area contributed by atoms with Gasteiger partial charge in [-0.1, -0.05) is 48.5 Å². The molecule has 1 aliphatic heterocycles. The molecule has 2 heterocycles. The number of halogens is 1. The molecule has 1 aliphatic carbocycles. The van der Waals surface area contributed by atoms with Crippen LogP contribution in [0.1, 0.15) is 12.8 Å². The maximum atomic E-state index is 12.8. The van der Waals surface area contributed by atoms with E-state index < -0.39 is 0 Å². The Labute approximate surface area is 152 Å². The van der Waals surface area contributed by atoms with Crippen LogP contribution in [-0.2, 0) is 11.5 Å². The number of aromatic nitrogens is 2. The molecule has 25 heavy (non-hydrogen) atoms. The van der Waals surface area contributed by atoms with Crippen molar-refractivity contribution in [3.05, 3.63) is 60.8 Å². The Morgan fingerprint density at radius 2 is 1.72 bits per heavy atom. The standard InChI is InChI=1S/C20H17N3O.ClH/c24-20(15-10-11-15)23-13-22-18(16-8-4-5-9-17(16)23)12-21-19(22)14-6-2-1-3-7-14;/h1-9,12,15H,10-11,13H2;1H. The molecule has 1 saturated carbocycles. The van der Waals surface area contributed by atoms with E-state index in [-0.39, 0.29) is 24.2 Å². The predicted molar refractivity (Wildman–Crippen MR) is 101 cm³/mol. The summed E-state index contributed by atoms with van der Waals surface area (Å²) in [6.07, 6.45) is 3.94. The molecule has 5 heteroatoms. The number of rotatable bonds is 2. The number of imidazole rings is 1. The number of benzene rings is 2. The lowest BCUT2D eigenvalue weighted by atomic mass is 10.1. The Balaban J connectivity index is 0.00000157. The zero-order valence-corrected chi connectivity index (χ0v) is 14.4. The van der Waals surface area contributed by atoms with Crippen LogP contribution < -0.4 is 4.90 Å². The van der Waals surface area contributed by atoms with Gasteiger partial charge >= 0.3 is 0 Å². The van der Waals surface area contributed by atoms with Gasteiger partial charge in [0.1, 0.15) is 12.5 Å². The average molecular weight is 352 g/mol. The molecule has 0 N–H and O–H groups in total. The minimum atomic E-state index is 0. The Hall–Kier alpha value is -2.59. The quantitative estimate of drug-likeness (QED) is 0.688. The van der Waals surface area contributed by atoms with Crippen molar-refractivity contribution in [2.75, 3.05) is 4.90 Å². The monoisotopic (exact) mass is 351 g/mol. The van der Waals surface area contributed by atoms with Gasteiger partial charge in [-0.3, -0.25) is 9.69 Å². The topological polar surface area (TPSA) is 38.1 Å². The number of hydrogen-bond acceptors (Lipinski definition) is 2. The second kappa shape index (κ2) is 6.05. The van der Waals surface area contributed by atoms with Gasteiger partial charge in [-0.2, -0.15) is 0 Å². The van der Waals surface area contributed by atoms with Crippen molar-refractivity contribution in [1.82, 2.24) is 9.55 Å². The second-order valence-electron chi connectivity index (χ2n) is 6.46. The Kier molecular flexibility index (Phi) is 3.85. The fourth-order valence-corrected chi connectivity index (χ4v) is 3.43. The lowest BCUT2D eigenvalue weighted by molar-refractivity contribution is -0.120. The fourth-order valence-electron chi connectivity index (χ4n) is 3.43. The first-order valence-electron chi connectivity index (χ1n) is 8.34. The van der Waals surface area contributed by atoms with Crippen molar-refractivity contribution in [2.45, 2.75) is 19.5 Å². The van der Waals surface area contributed by atoms with Crippen molar-refractivity contribution < 1.29 is 4.79 Å². The third kappa shape index (κ3) is 2.53. The fraction of sp³-hybridized carbons (Fsp3) is 0.200. The van der Waals surface area contributed by atoms with Crippen LogP contribution in [0.15, 0.2) is 60.8 Å². The largest absolute Gasteiger partial charge is 0.305 e.